The molecular formula is C50H52O7. The van der Waals surface area contributed by atoms with Gasteiger partial charge in [0, 0.05) is 0 Å². The van der Waals surface area contributed by atoms with Crippen molar-refractivity contribution in [2.24, 2.45) is 0 Å². The first-order valence-electron chi connectivity index (χ1n) is 19.8. The Balaban J connectivity index is 1.27. The first kappa shape index (κ1) is 40.1. The number of rotatable bonds is 19. The molecule has 1 heterocycles. The third-order valence-corrected chi connectivity index (χ3v) is 10.2. The van der Waals surface area contributed by atoms with Gasteiger partial charge in [0.15, 0.2) is 0 Å². The van der Waals surface area contributed by atoms with Crippen molar-refractivity contribution in [1.29, 1.82) is 0 Å². The minimum atomic E-state index is -0.626. The smallest absolute Gasteiger partial charge is 0.119 e. The molecule has 5 unspecified atom stereocenters. The predicted octanol–water partition coefficient (Wildman–Crippen LogP) is 9.58. The Morgan fingerprint density at radius 2 is 1.00 bits per heavy atom. The van der Waals surface area contributed by atoms with E-state index < -0.39 is 30.5 Å². The van der Waals surface area contributed by atoms with Gasteiger partial charge < -0.3 is 33.5 Å². The summed E-state index contributed by atoms with van der Waals surface area (Å²) in [5.74, 6) is 0.845. The van der Waals surface area contributed by atoms with Crippen LogP contribution in [0.1, 0.15) is 57.5 Å². The molecule has 0 amide bonds. The molecule has 0 aromatic heterocycles. The molecule has 57 heavy (non-hydrogen) atoms. The van der Waals surface area contributed by atoms with Crippen LogP contribution >= 0.6 is 0 Å². The van der Waals surface area contributed by atoms with Crippen molar-refractivity contribution >= 4 is 0 Å². The van der Waals surface area contributed by atoms with E-state index in [-0.39, 0.29) is 13.2 Å². The van der Waals surface area contributed by atoms with E-state index >= 15 is 0 Å². The van der Waals surface area contributed by atoms with Crippen LogP contribution < -0.4 is 4.74 Å². The Morgan fingerprint density at radius 3 is 1.53 bits per heavy atom. The maximum atomic E-state index is 10.8. The highest BCUT2D eigenvalue weighted by atomic mass is 16.6. The van der Waals surface area contributed by atoms with Crippen molar-refractivity contribution in [3.05, 3.63) is 208 Å². The Labute approximate surface area is 336 Å². The molecule has 6 aromatic rings. The molecule has 1 aliphatic heterocycles. The van der Waals surface area contributed by atoms with Gasteiger partial charge >= 0.3 is 0 Å². The maximum Gasteiger partial charge on any atom is 0.119 e. The van der Waals surface area contributed by atoms with Crippen LogP contribution in [0.3, 0.4) is 0 Å². The number of hydrogen-bond donors (Lipinski definition) is 1. The van der Waals surface area contributed by atoms with Gasteiger partial charge in [-0.25, -0.2) is 0 Å². The van der Waals surface area contributed by atoms with Crippen molar-refractivity contribution in [3.63, 3.8) is 0 Å². The number of aliphatic hydroxyl groups is 1. The summed E-state index contributed by atoms with van der Waals surface area (Å²) in [7, 11) is 0. The summed E-state index contributed by atoms with van der Waals surface area (Å²) in [6.45, 7) is 4.13. The van der Waals surface area contributed by atoms with Gasteiger partial charge in [-0.2, -0.15) is 0 Å². The van der Waals surface area contributed by atoms with E-state index in [4.69, 9.17) is 28.4 Å². The van der Waals surface area contributed by atoms with Gasteiger partial charge in [-0.05, 0) is 70.0 Å². The molecule has 7 heteroatoms. The Morgan fingerprint density at radius 1 is 0.509 bits per heavy atom. The monoisotopic (exact) mass is 764 g/mol. The molecule has 0 aliphatic carbocycles. The summed E-state index contributed by atoms with van der Waals surface area (Å²) in [5.41, 5.74) is 8.01. The molecule has 1 aliphatic rings. The lowest BCUT2D eigenvalue weighted by Gasteiger charge is -2.47. The fraction of sp³-hybridized carbons (Fsp3) is 0.280. The van der Waals surface area contributed by atoms with E-state index in [1.54, 1.807) is 0 Å². The Bertz CT molecular complexity index is 2040. The number of benzene rings is 6. The van der Waals surface area contributed by atoms with Crippen molar-refractivity contribution < 1.29 is 33.5 Å². The van der Waals surface area contributed by atoms with Gasteiger partial charge in [0.2, 0.25) is 0 Å². The molecule has 6 aromatic carbocycles. The molecule has 1 fully saturated rings. The second-order valence-corrected chi connectivity index (χ2v) is 14.3. The normalized spacial score (nSPS) is 19.3. The summed E-state index contributed by atoms with van der Waals surface area (Å²) in [4.78, 5) is 0. The Hall–Kier alpha value is -5.12. The van der Waals surface area contributed by atoms with Gasteiger partial charge in [0.25, 0.3) is 0 Å². The van der Waals surface area contributed by atoms with Crippen molar-refractivity contribution in [2.45, 2.75) is 76.9 Å². The molecule has 0 radical (unpaired) electrons. The lowest BCUT2D eigenvalue weighted by Crippen LogP contribution is -2.58. The molecule has 0 bridgehead atoms. The van der Waals surface area contributed by atoms with Gasteiger partial charge in [-0.15, -0.1) is 0 Å². The van der Waals surface area contributed by atoms with E-state index in [0.29, 0.717) is 39.5 Å². The summed E-state index contributed by atoms with van der Waals surface area (Å²) in [6.07, 6.45) is -2.24. The van der Waals surface area contributed by atoms with Crippen molar-refractivity contribution in [3.8, 4) is 5.75 Å². The van der Waals surface area contributed by atoms with Crippen LogP contribution in [0.2, 0.25) is 0 Å². The van der Waals surface area contributed by atoms with Crippen molar-refractivity contribution in [2.75, 3.05) is 13.2 Å². The molecule has 7 nitrogen and oxygen atoms in total. The number of ether oxygens (including phenoxy) is 6. The zero-order valence-corrected chi connectivity index (χ0v) is 32.5. The molecule has 1 saturated heterocycles. The van der Waals surface area contributed by atoms with Crippen LogP contribution in [0, 0.1) is 0 Å². The Kier molecular flexibility index (Phi) is 14.7. The second-order valence-electron chi connectivity index (χ2n) is 14.3. The van der Waals surface area contributed by atoms with Crippen LogP contribution in [0.5, 0.6) is 5.75 Å². The topological polar surface area (TPSA) is 75.6 Å². The third-order valence-electron chi connectivity index (χ3n) is 10.2. The first-order valence-corrected chi connectivity index (χ1v) is 19.8. The summed E-state index contributed by atoms with van der Waals surface area (Å²) >= 11 is 0. The maximum absolute atomic E-state index is 10.8. The van der Waals surface area contributed by atoms with E-state index in [1.807, 2.05) is 97.9 Å². The third kappa shape index (κ3) is 11.3. The molecule has 5 atom stereocenters. The SMILES string of the molecule is CCOc1ccc(Cc2ccc(CO)c(C3OC(COCc4ccccc4)C(OCc4ccccc4)C(OCc4ccccc4)C3OCc3ccccc3)c2)cc1. The summed E-state index contributed by atoms with van der Waals surface area (Å²) < 4.78 is 40.1. The molecule has 7 rings (SSSR count). The zero-order valence-electron chi connectivity index (χ0n) is 32.5. The van der Waals surface area contributed by atoms with E-state index in [9.17, 15) is 5.11 Å². The van der Waals surface area contributed by atoms with Gasteiger partial charge in [-0.3, -0.25) is 0 Å². The minimum Gasteiger partial charge on any atom is -0.494 e. The zero-order chi connectivity index (χ0) is 39.1. The average Bonchev–Trinajstić information content (AvgIpc) is 3.26. The highest BCUT2D eigenvalue weighted by Crippen LogP contribution is 2.40. The summed E-state index contributed by atoms with van der Waals surface area (Å²) in [5, 5.41) is 10.8. The van der Waals surface area contributed by atoms with Crippen molar-refractivity contribution in [1.82, 2.24) is 0 Å². The lowest BCUT2D eigenvalue weighted by atomic mass is 9.87. The highest BCUT2D eigenvalue weighted by Gasteiger charge is 2.49. The summed E-state index contributed by atoms with van der Waals surface area (Å²) in [6, 6.07) is 55.0. The fourth-order valence-electron chi connectivity index (χ4n) is 7.31. The molecule has 294 valence electrons. The van der Waals surface area contributed by atoms with Crippen LogP contribution in [-0.4, -0.2) is 42.7 Å². The van der Waals surface area contributed by atoms with Crippen LogP contribution in [-0.2, 0) is 63.1 Å². The van der Waals surface area contributed by atoms with E-state index in [0.717, 1.165) is 50.3 Å². The molecule has 0 spiro atoms. The second kappa shape index (κ2) is 20.9. The molecule has 1 N–H and O–H groups in total. The minimum absolute atomic E-state index is 0.164. The fourth-order valence-corrected chi connectivity index (χ4v) is 7.31. The molecule has 0 saturated carbocycles. The van der Waals surface area contributed by atoms with Crippen LogP contribution in [0.15, 0.2) is 164 Å². The van der Waals surface area contributed by atoms with Crippen LogP contribution in [0.25, 0.3) is 0 Å². The predicted molar refractivity (Wildman–Crippen MR) is 222 cm³/mol. The number of aliphatic hydroxyl groups excluding tert-OH is 1. The average molecular weight is 765 g/mol. The first-order chi connectivity index (χ1) is 28.2. The van der Waals surface area contributed by atoms with E-state index in [1.165, 1.54) is 0 Å². The quantitative estimate of drug-likeness (QED) is 0.0881. The van der Waals surface area contributed by atoms with Gasteiger partial charge in [0.05, 0.1) is 46.2 Å². The standard InChI is InChI=1S/C50H52O7/c1-2-53-44-27-24-37(25-28-44)29-42-23-26-43(31-51)45(30-42)47-49(55-34-40-19-11-5-12-20-40)50(56-35-41-21-13-6-14-22-41)48(54-33-39-17-9-4-10-18-39)46(57-47)36-52-32-38-15-7-3-8-16-38/h3-28,30,46-51H,2,29,31-36H2,1H3. The van der Waals surface area contributed by atoms with Gasteiger partial charge in [-0.1, -0.05) is 152 Å². The van der Waals surface area contributed by atoms with E-state index in [2.05, 4.69) is 72.8 Å². The highest BCUT2D eigenvalue weighted by molar-refractivity contribution is 5.38. The largest absolute Gasteiger partial charge is 0.494 e. The number of hydrogen-bond acceptors (Lipinski definition) is 7. The van der Waals surface area contributed by atoms with Crippen LogP contribution in [0.4, 0.5) is 0 Å². The lowest BCUT2D eigenvalue weighted by molar-refractivity contribution is -0.275. The molecular weight excluding hydrogens is 713 g/mol. The van der Waals surface area contributed by atoms with Gasteiger partial charge in [0.1, 0.15) is 36.3 Å².